The standard InChI is InChI=1S/C18H36N6O2/c1-5-21-7-9-22(10-8-21)16(3)15-20-17(19-4)23-11-13-24(14-12-23)18(25)26-6-2/h16H,5-15H2,1-4H3,(H,19,20). The van der Waals surface area contributed by atoms with E-state index in [1.54, 1.807) is 4.90 Å². The maximum atomic E-state index is 11.8. The molecule has 150 valence electrons. The number of carbonyl (C=O) groups excluding carboxylic acids is 1. The molecule has 26 heavy (non-hydrogen) atoms. The lowest BCUT2D eigenvalue weighted by Crippen LogP contribution is -2.56. The molecule has 2 saturated heterocycles. The van der Waals surface area contributed by atoms with Gasteiger partial charge in [-0.25, -0.2) is 4.79 Å². The molecule has 0 bridgehead atoms. The lowest BCUT2D eigenvalue weighted by Gasteiger charge is -2.39. The van der Waals surface area contributed by atoms with Crippen molar-refractivity contribution in [2.45, 2.75) is 26.8 Å². The zero-order chi connectivity index (χ0) is 18.9. The van der Waals surface area contributed by atoms with Crippen molar-refractivity contribution < 1.29 is 9.53 Å². The minimum absolute atomic E-state index is 0.213. The molecular weight excluding hydrogens is 332 g/mol. The molecule has 2 aliphatic rings. The number of ether oxygens (including phenoxy) is 1. The molecule has 0 spiro atoms. The van der Waals surface area contributed by atoms with Gasteiger partial charge < -0.3 is 24.8 Å². The summed E-state index contributed by atoms with van der Waals surface area (Å²) in [5.74, 6) is 0.924. The number of hydrogen-bond acceptors (Lipinski definition) is 5. The lowest BCUT2D eigenvalue weighted by atomic mass is 10.2. The highest BCUT2D eigenvalue weighted by Gasteiger charge is 2.25. The van der Waals surface area contributed by atoms with Crippen molar-refractivity contribution in [2.75, 3.05) is 79.1 Å². The average molecular weight is 369 g/mol. The molecule has 0 radical (unpaired) electrons. The Balaban J connectivity index is 1.73. The molecule has 1 N–H and O–H groups in total. The summed E-state index contributed by atoms with van der Waals surface area (Å²) in [5, 5.41) is 3.52. The summed E-state index contributed by atoms with van der Waals surface area (Å²) >= 11 is 0. The molecule has 2 fully saturated rings. The van der Waals surface area contributed by atoms with Crippen LogP contribution in [0, 0.1) is 0 Å². The quantitative estimate of drug-likeness (QED) is 0.559. The van der Waals surface area contributed by atoms with Gasteiger partial charge in [0.25, 0.3) is 0 Å². The normalized spacial score (nSPS) is 21.6. The van der Waals surface area contributed by atoms with E-state index in [4.69, 9.17) is 4.74 Å². The molecule has 0 aliphatic carbocycles. The minimum atomic E-state index is -0.213. The Morgan fingerprint density at radius 1 is 1.04 bits per heavy atom. The Morgan fingerprint density at radius 2 is 1.65 bits per heavy atom. The highest BCUT2D eigenvalue weighted by Crippen LogP contribution is 2.07. The summed E-state index contributed by atoms with van der Waals surface area (Å²) in [5.41, 5.74) is 0. The number of amides is 1. The smallest absolute Gasteiger partial charge is 0.409 e. The summed E-state index contributed by atoms with van der Waals surface area (Å²) in [4.78, 5) is 25.3. The predicted molar refractivity (Wildman–Crippen MR) is 105 cm³/mol. The minimum Gasteiger partial charge on any atom is -0.450 e. The van der Waals surface area contributed by atoms with E-state index < -0.39 is 0 Å². The molecule has 1 amide bonds. The van der Waals surface area contributed by atoms with Gasteiger partial charge in [0, 0.05) is 72.0 Å². The van der Waals surface area contributed by atoms with Gasteiger partial charge in [-0.1, -0.05) is 6.92 Å². The SMILES string of the molecule is CCOC(=O)N1CCN(C(=NC)NCC(C)N2CCN(CC)CC2)CC1. The molecule has 8 nitrogen and oxygen atoms in total. The molecule has 2 heterocycles. The van der Waals surface area contributed by atoms with E-state index in [0.29, 0.717) is 25.7 Å². The Labute approximate surface area is 158 Å². The van der Waals surface area contributed by atoms with Crippen molar-refractivity contribution in [2.24, 2.45) is 4.99 Å². The van der Waals surface area contributed by atoms with Gasteiger partial charge in [-0.3, -0.25) is 9.89 Å². The Morgan fingerprint density at radius 3 is 2.19 bits per heavy atom. The van der Waals surface area contributed by atoms with Crippen LogP contribution < -0.4 is 5.32 Å². The average Bonchev–Trinajstić information content (AvgIpc) is 2.69. The zero-order valence-electron chi connectivity index (χ0n) is 16.9. The van der Waals surface area contributed by atoms with E-state index in [1.165, 1.54) is 0 Å². The third-order valence-corrected chi connectivity index (χ3v) is 5.35. The van der Waals surface area contributed by atoms with Gasteiger partial charge in [0.2, 0.25) is 0 Å². The highest BCUT2D eigenvalue weighted by atomic mass is 16.6. The molecular formula is C18H36N6O2. The number of piperazine rings is 2. The van der Waals surface area contributed by atoms with Crippen molar-refractivity contribution in [1.29, 1.82) is 0 Å². The van der Waals surface area contributed by atoms with Gasteiger partial charge in [0.05, 0.1) is 6.61 Å². The second-order valence-corrected chi connectivity index (χ2v) is 6.92. The number of nitrogens with one attached hydrogen (secondary N) is 1. The third-order valence-electron chi connectivity index (χ3n) is 5.35. The van der Waals surface area contributed by atoms with Crippen LogP contribution in [0.3, 0.4) is 0 Å². The maximum absolute atomic E-state index is 11.8. The van der Waals surface area contributed by atoms with Crippen molar-refractivity contribution in [1.82, 2.24) is 24.9 Å². The van der Waals surface area contributed by atoms with Gasteiger partial charge >= 0.3 is 6.09 Å². The molecule has 0 aromatic carbocycles. The number of nitrogens with zero attached hydrogens (tertiary/aromatic N) is 5. The van der Waals surface area contributed by atoms with Crippen molar-refractivity contribution in [3.63, 3.8) is 0 Å². The largest absolute Gasteiger partial charge is 0.450 e. The Bertz CT molecular complexity index is 457. The van der Waals surface area contributed by atoms with E-state index in [1.807, 2.05) is 14.0 Å². The van der Waals surface area contributed by atoms with Gasteiger partial charge in [-0.05, 0) is 20.4 Å². The summed E-state index contributed by atoms with van der Waals surface area (Å²) in [6.07, 6.45) is -0.213. The number of likely N-dealkylation sites (N-methyl/N-ethyl adjacent to an activating group) is 1. The first-order valence-electron chi connectivity index (χ1n) is 9.92. The van der Waals surface area contributed by atoms with E-state index >= 15 is 0 Å². The fraction of sp³-hybridized carbons (Fsp3) is 0.889. The molecule has 2 aliphatic heterocycles. The van der Waals surface area contributed by atoms with Gasteiger partial charge in [-0.2, -0.15) is 0 Å². The van der Waals surface area contributed by atoms with E-state index in [-0.39, 0.29) is 6.09 Å². The van der Waals surface area contributed by atoms with Crippen molar-refractivity contribution in [3.8, 4) is 0 Å². The maximum Gasteiger partial charge on any atom is 0.409 e. The topological polar surface area (TPSA) is 63.7 Å². The monoisotopic (exact) mass is 368 g/mol. The molecule has 0 aromatic heterocycles. The summed E-state index contributed by atoms with van der Waals surface area (Å²) in [7, 11) is 1.82. The molecule has 0 saturated carbocycles. The lowest BCUT2D eigenvalue weighted by molar-refractivity contribution is 0.0908. The number of carbonyl (C=O) groups is 1. The first kappa shape index (κ1) is 20.8. The first-order valence-corrected chi connectivity index (χ1v) is 9.92. The number of guanidine groups is 1. The van der Waals surface area contributed by atoms with Crippen LogP contribution in [-0.2, 0) is 4.74 Å². The van der Waals surface area contributed by atoms with E-state index in [2.05, 4.69) is 38.9 Å². The summed E-state index contributed by atoms with van der Waals surface area (Å²) in [6, 6.07) is 0.478. The summed E-state index contributed by atoms with van der Waals surface area (Å²) < 4.78 is 5.08. The van der Waals surface area contributed by atoms with Crippen LogP contribution in [0.15, 0.2) is 4.99 Å². The highest BCUT2D eigenvalue weighted by molar-refractivity contribution is 5.80. The number of aliphatic imine (C=N–C) groups is 1. The zero-order valence-corrected chi connectivity index (χ0v) is 16.9. The van der Waals surface area contributed by atoms with E-state index in [0.717, 1.165) is 58.3 Å². The number of rotatable bonds is 5. The van der Waals surface area contributed by atoms with Crippen LogP contribution in [0.2, 0.25) is 0 Å². The van der Waals surface area contributed by atoms with Crippen LogP contribution in [0.25, 0.3) is 0 Å². The second-order valence-electron chi connectivity index (χ2n) is 6.92. The fourth-order valence-corrected chi connectivity index (χ4v) is 3.54. The predicted octanol–water partition coefficient (Wildman–Crippen LogP) is 0.362. The van der Waals surface area contributed by atoms with Crippen molar-refractivity contribution >= 4 is 12.1 Å². The summed E-state index contributed by atoms with van der Waals surface area (Å²) in [6.45, 7) is 16.3. The molecule has 1 unspecified atom stereocenters. The van der Waals surface area contributed by atoms with Crippen LogP contribution in [0.4, 0.5) is 4.79 Å². The molecule has 0 aromatic rings. The van der Waals surface area contributed by atoms with Crippen LogP contribution >= 0.6 is 0 Å². The number of hydrogen-bond donors (Lipinski definition) is 1. The van der Waals surface area contributed by atoms with Crippen LogP contribution in [0.1, 0.15) is 20.8 Å². The van der Waals surface area contributed by atoms with Gasteiger partial charge in [0.15, 0.2) is 5.96 Å². The molecule has 2 rings (SSSR count). The van der Waals surface area contributed by atoms with Crippen molar-refractivity contribution in [3.05, 3.63) is 0 Å². The fourth-order valence-electron chi connectivity index (χ4n) is 3.54. The second kappa shape index (κ2) is 10.6. The Kier molecular flexibility index (Phi) is 8.44. The third kappa shape index (κ3) is 5.74. The molecule has 1 atom stereocenters. The first-order chi connectivity index (χ1) is 12.6. The van der Waals surface area contributed by atoms with Gasteiger partial charge in [0.1, 0.15) is 0 Å². The van der Waals surface area contributed by atoms with E-state index in [9.17, 15) is 4.79 Å². The molecule has 8 heteroatoms. The van der Waals surface area contributed by atoms with Gasteiger partial charge in [-0.15, -0.1) is 0 Å². The van der Waals surface area contributed by atoms with Crippen LogP contribution in [-0.4, -0.2) is 117 Å². The van der Waals surface area contributed by atoms with Crippen LogP contribution in [0.5, 0.6) is 0 Å². The Hall–Kier alpha value is -1.54.